The molecule has 0 spiro atoms. The average Bonchev–Trinajstić information content (AvgIpc) is 2.46. The second kappa shape index (κ2) is 5.88. The molecule has 0 atom stereocenters. The number of nitrogens with zero attached hydrogens (tertiary/aromatic N) is 2. The van der Waals surface area contributed by atoms with Gasteiger partial charge in [-0.25, -0.2) is 4.39 Å². The Kier molecular flexibility index (Phi) is 4.21. The third kappa shape index (κ3) is 2.96. The summed E-state index contributed by atoms with van der Waals surface area (Å²) in [6, 6.07) is 4.48. The molecule has 0 bridgehead atoms. The summed E-state index contributed by atoms with van der Waals surface area (Å²) in [7, 11) is 1.52. The number of rotatable bonds is 3. The molecule has 0 radical (unpaired) electrons. The van der Waals surface area contributed by atoms with Crippen LogP contribution < -0.4 is 15.4 Å². The van der Waals surface area contributed by atoms with Crippen LogP contribution in [0.2, 0.25) is 0 Å². The average molecular weight is 267 g/mol. The number of hydrogen-bond acceptors (Lipinski definition) is 4. The molecule has 1 fully saturated rings. The Morgan fingerprint density at radius 3 is 2.63 bits per heavy atom. The number of anilines is 1. The smallest absolute Gasteiger partial charge is 0.236 e. The summed E-state index contributed by atoms with van der Waals surface area (Å²) >= 11 is 0. The van der Waals surface area contributed by atoms with E-state index in [1.807, 2.05) is 0 Å². The van der Waals surface area contributed by atoms with E-state index in [2.05, 4.69) is 4.90 Å². The predicted molar refractivity (Wildman–Crippen MR) is 70.8 cm³/mol. The van der Waals surface area contributed by atoms with Crippen LogP contribution in [0.4, 0.5) is 10.1 Å². The topological polar surface area (TPSA) is 58.8 Å². The Balaban J connectivity index is 2.07. The van der Waals surface area contributed by atoms with Gasteiger partial charge in [-0.2, -0.15) is 0 Å². The van der Waals surface area contributed by atoms with Gasteiger partial charge in [0.1, 0.15) is 11.6 Å². The van der Waals surface area contributed by atoms with E-state index in [0.717, 1.165) is 5.69 Å². The Hall–Kier alpha value is -1.82. The van der Waals surface area contributed by atoms with Gasteiger partial charge in [0.05, 0.1) is 19.3 Å². The van der Waals surface area contributed by atoms with Crippen molar-refractivity contribution < 1.29 is 13.9 Å². The minimum absolute atomic E-state index is 0.0364. The molecule has 0 aromatic heterocycles. The lowest BCUT2D eigenvalue weighted by atomic mass is 10.2. The van der Waals surface area contributed by atoms with Crippen molar-refractivity contribution in [1.82, 2.24) is 4.90 Å². The van der Waals surface area contributed by atoms with Crippen molar-refractivity contribution in [2.24, 2.45) is 5.73 Å². The fraction of sp³-hybridized carbons (Fsp3) is 0.462. The van der Waals surface area contributed by atoms with Crippen molar-refractivity contribution in [2.45, 2.75) is 0 Å². The number of methoxy groups -OCH3 is 1. The van der Waals surface area contributed by atoms with Crippen LogP contribution in [0, 0.1) is 5.82 Å². The lowest BCUT2D eigenvalue weighted by Gasteiger charge is -2.36. The van der Waals surface area contributed by atoms with E-state index in [9.17, 15) is 9.18 Å². The predicted octanol–water partition coefficient (Wildman–Crippen LogP) is 0.442. The quantitative estimate of drug-likeness (QED) is 0.863. The van der Waals surface area contributed by atoms with Crippen LogP contribution in [-0.2, 0) is 4.79 Å². The SMILES string of the molecule is COc1cc(F)ccc1N1CCN(C(=O)CN)CC1. The first-order valence-corrected chi connectivity index (χ1v) is 6.22. The fourth-order valence-electron chi connectivity index (χ4n) is 2.24. The van der Waals surface area contributed by atoms with Crippen molar-refractivity contribution in [3.63, 3.8) is 0 Å². The molecule has 1 aliphatic rings. The third-order valence-corrected chi connectivity index (χ3v) is 3.29. The molecule has 5 nitrogen and oxygen atoms in total. The van der Waals surface area contributed by atoms with Crippen LogP contribution in [0.5, 0.6) is 5.75 Å². The molecule has 1 amide bonds. The zero-order valence-electron chi connectivity index (χ0n) is 10.9. The van der Waals surface area contributed by atoms with Crippen LogP contribution in [0.15, 0.2) is 18.2 Å². The van der Waals surface area contributed by atoms with Gasteiger partial charge in [-0.05, 0) is 12.1 Å². The van der Waals surface area contributed by atoms with Gasteiger partial charge in [0.2, 0.25) is 5.91 Å². The summed E-state index contributed by atoms with van der Waals surface area (Å²) in [5.41, 5.74) is 6.20. The molecule has 2 rings (SSSR count). The van der Waals surface area contributed by atoms with E-state index < -0.39 is 0 Å². The van der Waals surface area contributed by atoms with Gasteiger partial charge >= 0.3 is 0 Å². The highest BCUT2D eigenvalue weighted by atomic mass is 19.1. The van der Waals surface area contributed by atoms with Crippen LogP contribution in [0.3, 0.4) is 0 Å². The molecule has 1 heterocycles. The maximum atomic E-state index is 13.1. The van der Waals surface area contributed by atoms with E-state index in [-0.39, 0.29) is 18.3 Å². The number of nitrogens with two attached hydrogens (primary N) is 1. The first-order chi connectivity index (χ1) is 9.15. The fourth-order valence-corrected chi connectivity index (χ4v) is 2.24. The monoisotopic (exact) mass is 267 g/mol. The molecule has 0 aliphatic carbocycles. The van der Waals surface area contributed by atoms with Gasteiger partial charge in [0, 0.05) is 32.2 Å². The van der Waals surface area contributed by atoms with Gasteiger partial charge in [0.15, 0.2) is 0 Å². The van der Waals surface area contributed by atoms with Crippen molar-refractivity contribution in [3.05, 3.63) is 24.0 Å². The van der Waals surface area contributed by atoms with Crippen molar-refractivity contribution in [3.8, 4) is 5.75 Å². The van der Waals surface area contributed by atoms with Crippen molar-refractivity contribution in [1.29, 1.82) is 0 Å². The van der Waals surface area contributed by atoms with Crippen LogP contribution >= 0.6 is 0 Å². The molecule has 6 heteroatoms. The highest BCUT2D eigenvalue weighted by molar-refractivity contribution is 5.78. The minimum atomic E-state index is -0.322. The maximum absolute atomic E-state index is 13.1. The standard InChI is InChI=1S/C13H18FN3O2/c1-19-12-8-10(14)2-3-11(12)16-4-6-17(7-5-16)13(18)9-15/h2-3,8H,4-7,9,15H2,1H3. The van der Waals surface area contributed by atoms with Crippen molar-refractivity contribution >= 4 is 11.6 Å². The van der Waals surface area contributed by atoms with Gasteiger partial charge in [0.25, 0.3) is 0 Å². The number of hydrogen-bond donors (Lipinski definition) is 1. The number of piperazine rings is 1. The maximum Gasteiger partial charge on any atom is 0.236 e. The zero-order valence-corrected chi connectivity index (χ0v) is 10.9. The number of amides is 1. The van der Waals surface area contributed by atoms with Crippen molar-refractivity contribution in [2.75, 3.05) is 44.7 Å². The Morgan fingerprint density at radius 2 is 2.05 bits per heavy atom. The molecule has 1 saturated heterocycles. The normalized spacial score (nSPS) is 15.5. The van der Waals surface area contributed by atoms with Crippen LogP contribution in [-0.4, -0.2) is 50.6 Å². The molecule has 1 aromatic carbocycles. The molecular formula is C13H18FN3O2. The number of halogens is 1. The van der Waals surface area contributed by atoms with E-state index in [1.54, 1.807) is 11.0 Å². The van der Waals surface area contributed by atoms with E-state index in [1.165, 1.54) is 19.2 Å². The molecule has 1 aromatic rings. The summed E-state index contributed by atoms with van der Waals surface area (Å²) in [5, 5.41) is 0. The molecule has 2 N–H and O–H groups in total. The van der Waals surface area contributed by atoms with Gasteiger partial charge < -0.3 is 20.3 Å². The highest BCUT2D eigenvalue weighted by Gasteiger charge is 2.22. The largest absolute Gasteiger partial charge is 0.494 e. The second-order valence-corrected chi connectivity index (χ2v) is 4.39. The van der Waals surface area contributed by atoms with Gasteiger partial charge in [-0.15, -0.1) is 0 Å². The number of carbonyl (C=O) groups excluding carboxylic acids is 1. The zero-order chi connectivity index (χ0) is 13.8. The Bertz CT molecular complexity index is 459. The summed E-state index contributed by atoms with van der Waals surface area (Å²) < 4.78 is 18.3. The number of carbonyl (C=O) groups is 1. The number of ether oxygens (including phenoxy) is 1. The van der Waals surface area contributed by atoms with Gasteiger partial charge in [-0.1, -0.05) is 0 Å². The first kappa shape index (κ1) is 13.6. The second-order valence-electron chi connectivity index (χ2n) is 4.39. The number of benzene rings is 1. The molecule has 0 saturated carbocycles. The van der Waals surface area contributed by atoms with E-state index in [4.69, 9.17) is 10.5 Å². The van der Waals surface area contributed by atoms with E-state index in [0.29, 0.717) is 31.9 Å². The minimum Gasteiger partial charge on any atom is -0.494 e. The first-order valence-electron chi connectivity index (χ1n) is 6.22. The van der Waals surface area contributed by atoms with Gasteiger partial charge in [-0.3, -0.25) is 4.79 Å². The Labute approximate surface area is 111 Å². The molecule has 0 unspecified atom stereocenters. The Morgan fingerprint density at radius 1 is 1.37 bits per heavy atom. The van der Waals surface area contributed by atoms with Crippen LogP contribution in [0.1, 0.15) is 0 Å². The molecule has 19 heavy (non-hydrogen) atoms. The lowest BCUT2D eigenvalue weighted by molar-refractivity contribution is -0.129. The summed E-state index contributed by atoms with van der Waals surface area (Å²) in [6.07, 6.45) is 0. The summed E-state index contributed by atoms with van der Waals surface area (Å²) in [5.74, 6) is 0.155. The van der Waals surface area contributed by atoms with E-state index >= 15 is 0 Å². The summed E-state index contributed by atoms with van der Waals surface area (Å²) in [4.78, 5) is 15.3. The summed E-state index contributed by atoms with van der Waals surface area (Å²) in [6.45, 7) is 2.66. The molecular weight excluding hydrogens is 249 g/mol. The third-order valence-electron chi connectivity index (χ3n) is 3.29. The molecule has 104 valence electrons. The van der Waals surface area contributed by atoms with Crippen LogP contribution in [0.25, 0.3) is 0 Å². The molecule has 1 aliphatic heterocycles. The lowest BCUT2D eigenvalue weighted by Crippen LogP contribution is -2.50. The highest BCUT2D eigenvalue weighted by Crippen LogP contribution is 2.29.